The van der Waals surface area contributed by atoms with Gasteiger partial charge in [-0.15, -0.1) is 0 Å². The van der Waals surface area contributed by atoms with Crippen molar-refractivity contribution >= 4 is 17.5 Å². The summed E-state index contributed by atoms with van der Waals surface area (Å²) in [6, 6.07) is 3.17. The molecule has 0 bridgehead atoms. The molecule has 0 spiro atoms. The summed E-state index contributed by atoms with van der Waals surface area (Å²) in [4.78, 5) is 43.2. The number of ether oxygens (including phenoxy) is 1. The zero-order chi connectivity index (χ0) is 19.3. The summed E-state index contributed by atoms with van der Waals surface area (Å²) in [6.45, 7) is 6.16. The number of nitrogens with one attached hydrogen (secondary N) is 1. The molecule has 1 amide bonds. The fourth-order valence-electron chi connectivity index (χ4n) is 4.25. The molecule has 27 heavy (non-hydrogen) atoms. The summed E-state index contributed by atoms with van der Waals surface area (Å²) in [7, 11) is 0. The fourth-order valence-corrected chi connectivity index (χ4v) is 4.25. The van der Waals surface area contributed by atoms with Crippen LogP contribution < -0.4 is 5.56 Å². The number of fused-ring (bicyclic) bond motifs is 1. The Hall–Kier alpha value is -2.64. The van der Waals surface area contributed by atoms with Crippen LogP contribution in [0, 0.1) is 12.8 Å². The lowest BCUT2D eigenvalue weighted by Gasteiger charge is -2.24. The number of rotatable bonds is 3. The Morgan fingerprint density at radius 3 is 2.85 bits per heavy atom. The van der Waals surface area contributed by atoms with Gasteiger partial charge in [-0.3, -0.25) is 19.5 Å². The van der Waals surface area contributed by atoms with Gasteiger partial charge in [-0.2, -0.15) is 0 Å². The first kappa shape index (κ1) is 17.8. The van der Waals surface area contributed by atoms with E-state index < -0.39 is 5.60 Å². The van der Waals surface area contributed by atoms with Gasteiger partial charge in [0, 0.05) is 37.2 Å². The Labute approximate surface area is 156 Å². The molecule has 8 nitrogen and oxygen atoms in total. The van der Waals surface area contributed by atoms with Gasteiger partial charge in [0.05, 0.1) is 17.7 Å². The summed E-state index contributed by atoms with van der Waals surface area (Å²) in [6.07, 6.45) is 2.41. The molecule has 8 heteroatoms. The first-order valence-electron chi connectivity index (χ1n) is 9.35. The van der Waals surface area contributed by atoms with Gasteiger partial charge in [0.15, 0.2) is 5.65 Å². The third-order valence-corrected chi connectivity index (χ3v) is 5.40. The van der Waals surface area contributed by atoms with Crippen molar-refractivity contribution in [3.8, 4) is 0 Å². The summed E-state index contributed by atoms with van der Waals surface area (Å²) >= 11 is 0. The second-order valence-corrected chi connectivity index (χ2v) is 8.17. The number of carbonyl (C=O) groups is 2. The number of hydrogen-bond acceptors (Lipinski definition) is 5. The minimum atomic E-state index is -0.506. The van der Waals surface area contributed by atoms with Gasteiger partial charge in [-0.25, -0.2) is 9.50 Å². The zero-order valence-electron chi connectivity index (χ0n) is 15.8. The Bertz CT molecular complexity index is 974. The molecule has 2 aliphatic heterocycles. The molecule has 4 heterocycles. The van der Waals surface area contributed by atoms with Crippen molar-refractivity contribution in [1.82, 2.24) is 19.5 Å². The van der Waals surface area contributed by atoms with E-state index in [0.717, 1.165) is 18.5 Å². The van der Waals surface area contributed by atoms with Crippen molar-refractivity contribution in [3.63, 3.8) is 0 Å². The summed E-state index contributed by atoms with van der Waals surface area (Å²) in [5.41, 5.74) is 1.33. The van der Waals surface area contributed by atoms with E-state index >= 15 is 0 Å². The molecule has 2 saturated heterocycles. The van der Waals surface area contributed by atoms with E-state index in [0.29, 0.717) is 24.3 Å². The molecule has 2 aromatic rings. The summed E-state index contributed by atoms with van der Waals surface area (Å²) < 4.78 is 6.74. The predicted octanol–water partition coefficient (Wildman–Crippen LogP) is 1.73. The number of nitrogens with zero attached hydrogens (tertiary/aromatic N) is 3. The van der Waals surface area contributed by atoms with E-state index in [9.17, 15) is 14.4 Å². The van der Waals surface area contributed by atoms with Gasteiger partial charge < -0.3 is 9.64 Å². The average molecular weight is 372 g/mol. The number of esters is 1. The highest BCUT2D eigenvalue weighted by Crippen LogP contribution is 2.36. The normalized spacial score (nSPS) is 24.6. The number of aromatic nitrogens is 3. The van der Waals surface area contributed by atoms with Gasteiger partial charge >= 0.3 is 5.97 Å². The van der Waals surface area contributed by atoms with E-state index in [1.54, 1.807) is 11.8 Å². The van der Waals surface area contributed by atoms with Crippen LogP contribution in [0.5, 0.6) is 0 Å². The van der Waals surface area contributed by atoms with Crippen molar-refractivity contribution in [2.24, 2.45) is 5.92 Å². The average Bonchev–Trinajstić information content (AvgIpc) is 3.24. The second kappa shape index (κ2) is 6.21. The number of cyclic esters (lactones) is 1. The van der Waals surface area contributed by atoms with Crippen molar-refractivity contribution in [1.29, 1.82) is 0 Å². The Morgan fingerprint density at radius 2 is 2.15 bits per heavy atom. The maximum atomic E-state index is 12.9. The van der Waals surface area contributed by atoms with E-state index in [-0.39, 0.29) is 35.8 Å². The monoisotopic (exact) mass is 372 g/mol. The summed E-state index contributed by atoms with van der Waals surface area (Å²) in [5, 5.41) is 3.09. The highest BCUT2D eigenvalue weighted by Gasteiger charge is 2.42. The third-order valence-electron chi connectivity index (χ3n) is 5.40. The minimum absolute atomic E-state index is 0.0488. The minimum Gasteiger partial charge on any atom is -0.459 e. The van der Waals surface area contributed by atoms with Gasteiger partial charge in [0.25, 0.3) is 5.56 Å². The van der Waals surface area contributed by atoms with Crippen LogP contribution in [0.3, 0.4) is 0 Å². The van der Waals surface area contributed by atoms with Gasteiger partial charge in [-0.1, -0.05) is 0 Å². The Balaban J connectivity index is 1.56. The fraction of sp³-hybridized carbons (Fsp3) is 0.579. The van der Waals surface area contributed by atoms with Crippen LogP contribution >= 0.6 is 0 Å². The third kappa shape index (κ3) is 3.24. The lowest BCUT2D eigenvalue weighted by molar-refractivity contribution is -0.150. The smallest absolute Gasteiger partial charge is 0.310 e. The largest absolute Gasteiger partial charge is 0.459 e. The number of likely N-dealkylation sites (tertiary alicyclic amines) is 1. The molecule has 0 saturated carbocycles. The molecule has 1 N–H and O–H groups in total. The highest BCUT2D eigenvalue weighted by atomic mass is 16.6. The van der Waals surface area contributed by atoms with Crippen LogP contribution in [0.2, 0.25) is 0 Å². The lowest BCUT2D eigenvalue weighted by Crippen LogP contribution is -2.33. The predicted molar refractivity (Wildman–Crippen MR) is 97.1 cm³/mol. The molecule has 2 aliphatic rings. The van der Waals surface area contributed by atoms with Gasteiger partial charge in [0.2, 0.25) is 5.91 Å². The van der Waals surface area contributed by atoms with Crippen molar-refractivity contribution in [2.75, 3.05) is 6.54 Å². The Morgan fingerprint density at radius 1 is 1.37 bits per heavy atom. The van der Waals surface area contributed by atoms with Crippen LogP contribution in [-0.4, -0.2) is 43.5 Å². The van der Waals surface area contributed by atoms with E-state index in [1.807, 2.05) is 19.9 Å². The molecule has 4 rings (SSSR count). The summed E-state index contributed by atoms with van der Waals surface area (Å²) in [5.74, 6) is -0.725. The van der Waals surface area contributed by atoms with Gasteiger partial charge in [0.1, 0.15) is 5.60 Å². The molecule has 0 aliphatic carbocycles. The van der Waals surface area contributed by atoms with Crippen molar-refractivity contribution < 1.29 is 14.3 Å². The maximum Gasteiger partial charge on any atom is 0.310 e. The van der Waals surface area contributed by atoms with Crippen molar-refractivity contribution in [3.05, 3.63) is 33.9 Å². The number of hydrogen-bond donors (Lipinski definition) is 1. The quantitative estimate of drug-likeness (QED) is 0.828. The first-order valence-corrected chi connectivity index (χ1v) is 9.35. The first-order chi connectivity index (χ1) is 12.7. The van der Waals surface area contributed by atoms with Crippen LogP contribution in [0.25, 0.3) is 5.65 Å². The molecule has 2 fully saturated rings. The second-order valence-electron chi connectivity index (χ2n) is 8.17. The lowest BCUT2D eigenvalue weighted by atomic mass is 9.94. The molecule has 2 atom stereocenters. The number of H-pyrrole nitrogens is 1. The van der Waals surface area contributed by atoms with E-state index in [2.05, 4.69) is 10.1 Å². The number of amides is 1. The standard InChI is InChI=1S/C19H24N4O4/c1-11-7-17(25)23-15(20-11)9-13(21-23)14-5-4-6-22(14)16(24)8-12-10-19(2,3)27-18(12)26/h7,9,12,14,21H,4-6,8,10H2,1-3H3/t12-,14+/m0/s1. The number of aryl methyl sites for hydroxylation is 1. The number of carbonyl (C=O) groups excluding carboxylic acids is 2. The molecule has 0 radical (unpaired) electrons. The van der Waals surface area contributed by atoms with Gasteiger partial charge in [-0.05, 0) is 33.6 Å². The number of aromatic amines is 1. The molecule has 2 aromatic heterocycles. The Kier molecular flexibility index (Phi) is 4.09. The highest BCUT2D eigenvalue weighted by molar-refractivity contribution is 5.84. The molecule has 0 unspecified atom stereocenters. The van der Waals surface area contributed by atoms with Crippen LogP contribution in [-0.2, 0) is 14.3 Å². The maximum absolute atomic E-state index is 12.9. The topological polar surface area (TPSA) is 96.8 Å². The molecule has 144 valence electrons. The molecule has 0 aromatic carbocycles. The molecular formula is C19H24N4O4. The SMILES string of the molecule is Cc1cc(=O)n2[nH]c([C@H]3CCCN3C(=O)C[C@H]3CC(C)(C)OC3=O)cc2n1. The van der Waals surface area contributed by atoms with Crippen LogP contribution in [0.4, 0.5) is 0 Å². The van der Waals surface area contributed by atoms with Crippen molar-refractivity contribution in [2.45, 2.75) is 58.1 Å². The van der Waals surface area contributed by atoms with Crippen LogP contribution in [0.15, 0.2) is 16.9 Å². The van der Waals surface area contributed by atoms with E-state index in [4.69, 9.17) is 4.74 Å². The van der Waals surface area contributed by atoms with Crippen LogP contribution in [0.1, 0.15) is 57.0 Å². The molecular weight excluding hydrogens is 348 g/mol. The zero-order valence-corrected chi connectivity index (χ0v) is 15.8. The van der Waals surface area contributed by atoms with E-state index in [1.165, 1.54) is 10.6 Å².